The minimum Gasteiger partial charge on any atom is -0.487 e. The maximum Gasteiger partial charge on any atom is 0.324 e. The zero-order chi connectivity index (χ0) is 27.0. The average molecular weight is 532 g/mol. The molecule has 0 aromatic carbocycles. The summed E-state index contributed by atoms with van der Waals surface area (Å²) in [5.74, 6) is 0.944. The number of hydrogen-bond acceptors (Lipinski definition) is 10. The van der Waals surface area contributed by atoms with Crippen LogP contribution in [0.1, 0.15) is 45.9 Å². The van der Waals surface area contributed by atoms with E-state index in [1.165, 1.54) is 12.2 Å². The van der Waals surface area contributed by atoms with Crippen LogP contribution in [-0.4, -0.2) is 69.7 Å². The molecule has 5 rings (SSSR count). The number of piperidine rings is 1. The third-order valence-corrected chi connectivity index (χ3v) is 7.58. The second-order valence-electron chi connectivity index (χ2n) is 10.9. The Morgan fingerprint density at radius 2 is 1.89 bits per heavy atom. The first-order valence-electron chi connectivity index (χ1n) is 13.1. The molecule has 4 heterocycles. The second-order valence-corrected chi connectivity index (χ2v) is 10.9. The van der Waals surface area contributed by atoms with Crippen LogP contribution >= 0.6 is 0 Å². The normalized spacial score (nSPS) is 25.8. The van der Waals surface area contributed by atoms with Gasteiger partial charge in [-0.3, -0.25) is 0 Å². The van der Waals surface area contributed by atoms with Crippen LogP contribution in [0.3, 0.4) is 0 Å². The lowest BCUT2D eigenvalue weighted by Crippen LogP contribution is -2.39. The molecule has 38 heavy (non-hydrogen) atoms. The number of anilines is 2. The van der Waals surface area contributed by atoms with Crippen molar-refractivity contribution in [2.45, 2.75) is 64.0 Å². The van der Waals surface area contributed by atoms with Crippen molar-refractivity contribution in [2.24, 2.45) is 17.6 Å². The number of aromatic nitrogens is 4. The standard InChI is InChI=1S/C26H35F2N7O3/c1-15(16-6-8-34(9-7-16)25-32-23(33-38-25)26(2,3)36)37-18-11-30-24(31-12-18)35-13-20(22(29)14-35)19-10-17(27)4-5-21(19)28/h5,10-12,15-17,20,22,36H,4,6-9,13-14,29H2,1-3H3/t15-,17?,20+,22-/m0/s1. The molecule has 1 unspecified atom stereocenters. The van der Waals surface area contributed by atoms with Crippen molar-refractivity contribution in [2.75, 3.05) is 36.0 Å². The van der Waals surface area contributed by atoms with Gasteiger partial charge in [-0.25, -0.2) is 18.7 Å². The minimum atomic E-state index is -1.18. The maximum absolute atomic E-state index is 14.3. The number of aliphatic hydroxyl groups is 1. The number of hydrogen-bond donors (Lipinski definition) is 2. The van der Waals surface area contributed by atoms with Crippen molar-refractivity contribution in [3.05, 3.63) is 41.8 Å². The molecule has 0 radical (unpaired) electrons. The van der Waals surface area contributed by atoms with Gasteiger partial charge >= 0.3 is 6.01 Å². The van der Waals surface area contributed by atoms with E-state index < -0.39 is 11.8 Å². The lowest BCUT2D eigenvalue weighted by molar-refractivity contribution is 0.0661. The van der Waals surface area contributed by atoms with Crippen LogP contribution < -0.4 is 20.3 Å². The highest BCUT2D eigenvalue weighted by Gasteiger charge is 2.37. The molecule has 10 nitrogen and oxygen atoms in total. The molecule has 3 N–H and O–H groups in total. The van der Waals surface area contributed by atoms with Gasteiger partial charge < -0.3 is 29.9 Å². The minimum absolute atomic E-state index is 0.0486. The van der Waals surface area contributed by atoms with Gasteiger partial charge in [0.15, 0.2) is 5.75 Å². The van der Waals surface area contributed by atoms with Crippen LogP contribution in [0.15, 0.2) is 40.5 Å². The second kappa shape index (κ2) is 10.6. The van der Waals surface area contributed by atoms with Gasteiger partial charge in [0.1, 0.15) is 17.6 Å². The van der Waals surface area contributed by atoms with Gasteiger partial charge in [0.25, 0.3) is 0 Å². The highest BCUT2D eigenvalue weighted by atomic mass is 19.1. The van der Waals surface area contributed by atoms with Crippen molar-refractivity contribution in [1.82, 2.24) is 20.1 Å². The highest BCUT2D eigenvalue weighted by molar-refractivity contribution is 5.41. The molecule has 0 bridgehead atoms. The highest BCUT2D eigenvalue weighted by Crippen LogP contribution is 2.34. The molecule has 2 fully saturated rings. The zero-order valence-corrected chi connectivity index (χ0v) is 21.9. The van der Waals surface area contributed by atoms with Gasteiger partial charge in [-0.2, -0.15) is 4.98 Å². The molecule has 4 atom stereocenters. The molecule has 2 aromatic rings. The Bertz CT molecular complexity index is 1170. The molecule has 206 valence electrons. The number of rotatable bonds is 7. The average Bonchev–Trinajstić information content (AvgIpc) is 3.54. The van der Waals surface area contributed by atoms with E-state index in [4.69, 9.17) is 15.0 Å². The fourth-order valence-electron chi connectivity index (χ4n) is 5.30. The van der Waals surface area contributed by atoms with Gasteiger partial charge in [-0.15, -0.1) is 0 Å². The van der Waals surface area contributed by atoms with E-state index in [2.05, 4.69) is 20.1 Å². The first kappa shape index (κ1) is 26.5. The van der Waals surface area contributed by atoms with E-state index in [1.807, 2.05) is 16.7 Å². The SMILES string of the molecule is C[C@H](Oc1cnc(N2C[C@H](C3=CC(F)CC=C3F)[C@@H](N)C2)nc1)C1CCN(c2nc(C(C)(C)O)no2)CC1. The Labute approximate surface area is 220 Å². The first-order valence-corrected chi connectivity index (χ1v) is 13.1. The number of ether oxygens (including phenoxy) is 1. The van der Waals surface area contributed by atoms with Crippen LogP contribution in [0.5, 0.6) is 5.75 Å². The zero-order valence-electron chi connectivity index (χ0n) is 21.9. The number of nitrogens with two attached hydrogens (primary N) is 1. The van der Waals surface area contributed by atoms with Crippen LogP contribution in [0.25, 0.3) is 0 Å². The van der Waals surface area contributed by atoms with Crippen LogP contribution in [0.2, 0.25) is 0 Å². The molecule has 0 saturated carbocycles. The van der Waals surface area contributed by atoms with E-state index in [0.29, 0.717) is 42.3 Å². The van der Waals surface area contributed by atoms with Crippen molar-refractivity contribution >= 4 is 12.0 Å². The molecule has 3 aliphatic rings. The number of nitrogens with zero attached hydrogens (tertiary/aromatic N) is 6. The third kappa shape index (κ3) is 5.65. The quantitative estimate of drug-likeness (QED) is 0.550. The largest absolute Gasteiger partial charge is 0.487 e. The molecule has 2 aromatic heterocycles. The molecular weight excluding hydrogens is 496 g/mol. The predicted octanol–water partition coefficient (Wildman–Crippen LogP) is 3.06. The van der Waals surface area contributed by atoms with E-state index in [-0.39, 0.29) is 36.1 Å². The Hall–Kier alpha value is -3.12. The summed E-state index contributed by atoms with van der Waals surface area (Å²) in [5.41, 5.74) is 5.48. The van der Waals surface area contributed by atoms with Crippen molar-refractivity contribution in [1.29, 1.82) is 0 Å². The number of halogens is 2. The topological polar surface area (TPSA) is 127 Å². The van der Waals surface area contributed by atoms with Gasteiger partial charge in [0, 0.05) is 44.6 Å². The summed E-state index contributed by atoms with van der Waals surface area (Å²) in [5, 5.41) is 13.9. The van der Waals surface area contributed by atoms with Gasteiger partial charge in [-0.1, -0.05) is 5.16 Å². The van der Waals surface area contributed by atoms with E-state index >= 15 is 0 Å². The van der Waals surface area contributed by atoms with Crippen LogP contribution in [-0.2, 0) is 5.60 Å². The maximum atomic E-state index is 14.3. The van der Waals surface area contributed by atoms with Crippen molar-refractivity contribution in [3.8, 4) is 5.75 Å². The lowest BCUT2D eigenvalue weighted by Gasteiger charge is -2.33. The van der Waals surface area contributed by atoms with E-state index in [1.54, 1.807) is 26.2 Å². The van der Waals surface area contributed by atoms with Crippen LogP contribution in [0, 0.1) is 11.8 Å². The molecule has 0 spiro atoms. The lowest BCUT2D eigenvalue weighted by atomic mass is 9.89. The van der Waals surface area contributed by atoms with Gasteiger partial charge in [-0.05, 0) is 57.3 Å². The number of allylic oxidation sites excluding steroid dienone is 3. The molecule has 2 saturated heterocycles. The first-order chi connectivity index (χ1) is 18.1. The smallest absolute Gasteiger partial charge is 0.324 e. The molecular formula is C26H35F2N7O3. The van der Waals surface area contributed by atoms with Gasteiger partial charge in [0.2, 0.25) is 11.8 Å². The fraction of sp³-hybridized carbons (Fsp3) is 0.615. The molecule has 1 aliphatic carbocycles. The van der Waals surface area contributed by atoms with E-state index in [0.717, 1.165) is 25.9 Å². The fourth-order valence-corrected chi connectivity index (χ4v) is 5.30. The monoisotopic (exact) mass is 531 g/mol. The van der Waals surface area contributed by atoms with Crippen LogP contribution in [0.4, 0.5) is 20.7 Å². The Balaban J connectivity index is 1.13. The van der Waals surface area contributed by atoms with E-state index in [9.17, 15) is 13.9 Å². The summed E-state index contributed by atoms with van der Waals surface area (Å²) in [6, 6.07) is 0.0787. The number of alkyl halides is 1. The molecule has 12 heteroatoms. The Morgan fingerprint density at radius 1 is 1.18 bits per heavy atom. The molecule has 0 amide bonds. The van der Waals surface area contributed by atoms with Gasteiger partial charge in [0.05, 0.1) is 18.5 Å². The van der Waals surface area contributed by atoms with Crippen molar-refractivity contribution < 1.29 is 23.1 Å². The summed E-state index contributed by atoms with van der Waals surface area (Å²) >= 11 is 0. The summed E-state index contributed by atoms with van der Waals surface area (Å²) in [6.45, 7) is 7.65. The summed E-state index contributed by atoms with van der Waals surface area (Å²) in [4.78, 5) is 17.2. The van der Waals surface area contributed by atoms with Crippen molar-refractivity contribution in [3.63, 3.8) is 0 Å². The summed E-state index contributed by atoms with van der Waals surface area (Å²) in [6.07, 6.45) is 6.52. The molecule has 2 aliphatic heterocycles. The third-order valence-electron chi connectivity index (χ3n) is 7.58. The Morgan fingerprint density at radius 3 is 2.55 bits per heavy atom. The predicted molar refractivity (Wildman–Crippen MR) is 137 cm³/mol. The Kier molecular flexibility index (Phi) is 7.36. The summed E-state index contributed by atoms with van der Waals surface area (Å²) in [7, 11) is 0. The summed E-state index contributed by atoms with van der Waals surface area (Å²) < 4.78 is 39.6.